The van der Waals surface area contributed by atoms with Crippen molar-refractivity contribution in [2.75, 3.05) is 0 Å². The van der Waals surface area contributed by atoms with Gasteiger partial charge < -0.3 is 0 Å². The minimum absolute atomic E-state index is 0.0117. The SMILES string of the molecule is CCCCCCCCCCCCCC(=O)c1cc(F)cc(Cl)c1. The second-order valence-corrected chi connectivity index (χ2v) is 6.80. The minimum atomic E-state index is -0.445. The monoisotopic (exact) mass is 340 g/mol. The number of Topliss-reactive ketones (excluding diaryl/α,β-unsaturated/α-hetero) is 1. The number of carbonyl (C=O) groups excluding carboxylic acids is 1. The summed E-state index contributed by atoms with van der Waals surface area (Å²) in [5.41, 5.74) is 0.391. The fourth-order valence-corrected chi connectivity index (χ4v) is 3.03. The Bertz CT molecular complexity index is 439. The lowest BCUT2D eigenvalue weighted by molar-refractivity contribution is 0.0978. The number of carbonyl (C=O) groups is 1. The first kappa shape index (κ1) is 20.2. The highest BCUT2D eigenvalue weighted by atomic mass is 35.5. The van der Waals surface area contributed by atoms with E-state index in [0.29, 0.717) is 12.0 Å². The molecule has 1 nitrogen and oxygen atoms in total. The van der Waals surface area contributed by atoms with E-state index in [1.807, 2.05) is 0 Å². The quantitative estimate of drug-likeness (QED) is 0.270. The van der Waals surface area contributed by atoms with Gasteiger partial charge in [0.05, 0.1) is 0 Å². The van der Waals surface area contributed by atoms with Crippen LogP contribution in [0.4, 0.5) is 4.39 Å². The number of hydrogen-bond donors (Lipinski definition) is 0. The summed E-state index contributed by atoms with van der Waals surface area (Å²) in [6.07, 6.45) is 14.3. The van der Waals surface area contributed by atoms with Gasteiger partial charge in [0.1, 0.15) is 5.82 Å². The summed E-state index contributed by atoms with van der Waals surface area (Å²) in [4.78, 5) is 12.0. The lowest BCUT2D eigenvalue weighted by Gasteiger charge is -2.04. The van der Waals surface area contributed by atoms with Crippen LogP contribution in [-0.2, 0) is 0 Å². The molecule has 0 aromatic heterocycles. The Labute approximate surface area is 145 Å². The van der Waals surface area contributed by atoms with Crippen LogP contribution in [0.3, 0.4) is 0 Å². The first-order chi connectivity index (χ1) is 11.1. The lowest BCUT2D eigenvalue weighted by atomic mass is 10.0. The Morgan fingerprint density at radius 1 is 0.870 bits per heavy atom. The number of hydrogen-bond acceptors (Lipinski definition) is 1. The van der Waals surface area contributed by atoms with Crippen molar-refractivity contribution in [2.24, 2.45) is 0 Å². The average Bonchev–Trinajstić information content (AvgIpc) is 2.51. The standard InChI is InChI=1S/C20H30ClFO/c1-2-3-4-5-6-7-8-9-10-11-12-13-20(23)17-14-18(21)16-19(22)15-17/h14-16H,2-13H2,1H3. The molecule has 0 aliphatic heterocycles. The van der Waals surface area contributed by atoms with E-state index in [-0.39, 0.29) is 10.8 Å². The van der Waals surface area contributed by atoms with Crippen LogP contribution in [0.2, 0.25) is 5.02 Å². The number of halogens is 2. The Kier molecular flexibility index (Phi) is 11.0. The van der Waals surface area contributed by atoms with Gasteiger partial charge in [0.25, 0.3) is 0 Å². The molecule has 0 aliphatic carbocycles. The van der Waals surface area contributed by atoms with Gasteiger partial charge in [-0.1, -0.05) is 82.7 Å². The van der Waals surface area contributed by atoms with Crippen LogP contribution in [0, 0.1) is 5.82 Å². The zero-order valence-corrected chi connectivity index (χ0v) is 15.1. The Balaban J connectivity index is 2.01. The molecule has 0 amide bonds. The van der Waals surface area contributed by atoms with Crippen LogP contribution in [0.15, 0.2) is 18.2 Å². The van der Waals surface area contributed by atoms with Crippen LogP contribution in [0.5, 0.6) is 0 Å². The molecule has 0 radical (unpaired) electrons. The molecular weight excluding hydrogens is 311 g/mol. The molecule has 0 aliphatic rings. The highest BCUT2D eigenvalue weighted by Gasteiger charge is 2.08. The van der Waals surface area contributed by atoms with Gasteiger partial charge in [0, 0.05) is 17.0 Å². The van der Waals surface area contributed by atoms with E-state index in [0.717, 1.165) is 12.8 Å². The zero-order valence-electron chi connectivity index (χ0n) is 14.4. The molecule has 0 heterocycles. The van der Waals surface area contributed by atoms with Crippen molar-refractivity contribution < 1.29 is 9.18 Å². The highest BCUT2D eigenvalue weighted by molar-refractivity contribution is 6.31. The van der Waals surface area contributed by atoms with Crippen molar-refractivity contribution in [3.05, 3.63) is 34.6 Å². The molecule has 23 heavy (non-hydrogen) atoms. The fourth-order valence-electron chi connectivity index (χ4n) is 2.81. The summed E-state index contributed by atoms with van der Waals surface area (Å²) >= 11 is 5.77. The maximum Gasteiger partial charge on any atom is 0.163 e. The van der Waals surface area contributed by atoms with Crippen LogP contribution in [-0.4, -0.2) is 5.78 Å². The molecular formula is C20H30ClFO. The first-order valence-corrected chi connectivity index (χ1v) is 9.50. The molecule has 0 spiro atoms. The van der Waals surface area contributed by atoms with Crippen molar-refractivity contribution in [3.63, 3.8) is 0 Å². The van der Waals surface area contributed by atoms with Gasteiger partial charge in [-0.3, -0.25) is 4.79 Å². The average molecular weight is 341 g/mol. The van der Waals surface area contributed by atoms with E-state index >= 15 is 0 Å². The lowest BCUT2D eigenvalue weighted by Crippen LogP contribution is -1.99. The maximum absolute atomic E-state index is 13.2. The molecule has 130 valence electrons. The van der Waals surface area contributed by atoms with Crippen molar-refractivity contribution >= 4 is 17.4 Å². The highest BCUT2D eigenvalue weighted by Crippen LogP contribution is 2.17. The predicted octanol–water partition coefficient (Wildman–Crippen LogP) is 7.36. The summed E-state index contributed by atoms with van der Waals surface area (Å²) in [5.74, 6) is -0.456. The molecule has 0 atom stereocenters. The van der Waals surface area contributed by atoms with Crippen LogP contribution in [0.25, 0.3) is 0 Å². The Hall–Kier alpha value is -0.890. The van der Waals surface area contributed by atoms with Crippen molar-refractivity contribution in [1.82, 2.24) is 0 Å². The van der Waals surface area contributed by atoms with E-state index in [1.54, 1.807) is 6.07 Å². The van der Waals surface area contributed by atoms with Gasteiger partial charge >= 0.3 is 0 Å². The fraction of sp³-hybridized carbons (Fsp3) is 0.650. The molecule has 0 unspecified atom stereocenters. The third-order valence-corrected chi connectivity index (χ3v) is 4.41. The van der Waals surface area contributed by atoms with Gasteiger partial charge in [-0.15, -0.1) is 0 Å². The molecule has 1 aromatic carbocycles. The van der Waals surface area contributed by atoms with E-state index in [4.69, 9.17) is 11.6 Å². The molecule has 0 bridgehead atoms. The van der Waals surface area contributed by atoms with Gasteiger partial charge in [0.2, 0.25) is 0 Å². The van der Waals surface area contributed by atoms with Crippen molar-refractivity contribution in [2.45, 2.75) is 84.0 Å². The normalized spacial score (nSPS) is 10.9. The van der Waals surface area contributed by atoms with Gasteiger partial charge in [-0.25, -0.2) is 4.39 Å². The van der Waals surface area contributed by atoms with E-state index in [1.165, 1.54) is 69.9 Å². The molecule has 0 N–H and O–H groups in total. The molecule has 1 rings (SSSR count). The summed E-state index contributed by atoms with van der Waals surface area (Å²) in [7, 11) is 0. The topological polar surface area (TPSA) is 17.1 Å². The van der Waals surface area contributed by atoms with E-state index < -0.39 is 5.82 Å². The molecule has 0 fully saturated rings. The second-order valence-electron chi connectivity index (χ2n) is 6.37. The first-order valence-electron chi connectivity index (χ1n) is 9.12. The minimum Gasteiger partial charge on any atom is -0.294 e. The van der Waals surface area contributed by atoms with Crippen molar-refractivity contribution in [3.8, 4) is 0 Å². The number of unbranched alkanes of at least 4 members (excludes halogenated alkanes) is 10. The van der Waals surface area contributed by atoms with Crippen LogP contribution < -0.4 is 0 Å². The van der Waals surface area contributed by atoms with Crippen LogP contribution >= 0.6 is 11.6 Å². The van der Waals surface area contributed by atoms with E-state index in [9.17, 15) is 9.18 Å². The summed E-state index contributed by atoms with van der Waals surface area (Å²) in [6.45, 7) is 2.24. The van der Waals surface area contributed by atoms with Gasteiger partial charge in [-0.2, -0.15) is 0 Å². The third kappa shape index (κ3) is 9.76. The zero-order chi connectivity index (χ0) is 16.9. The predicted molar refractivity (Wildman–Crippen MR) is 96.8 cm³/mol. The Morgan fingerprint density at radius 3 is 1.91 bits per heavy atom. The number of ketones is 1. The molecule has 0 saturated carbocycles. The number of rotatable bonds is 13. The largest absolute Gasteiger partial charge is 0.294 e. The van der Waals surface area contributed by atoms with Gasteiger partial charge in [0.15, 0.2) is 5.78 Å². The number of benzene rings is 1. The third-order valence-electron chi connectivity index (χ3n) is 4.19. The second kappa shape index (κ2) is 12.5. The summed E-state index contributed by atoms with van der Waals surface area (Å²) in [5, 5.41) is 0.285. The summed E-state index contributed by atoms with van der Waals surface area (Å²) < 4.78 is 13.2. The molecule has 3 heteroatoms. The smallest absolute Gasteiger partial charge is 0.163 e. The van der Waals surface area contributed by atoms with E-state index in [2.05, 4.69) is 6.92 Å². The molecule has 1 aromatic rings. The Morgan fingerprint density at radius 2 is 1.39 bits per heavy atom. The molecule has 0 saturated heterocycles. The van der Waals surface area contributed by atoms with Crippen molar-refractivity contribution in [1.29, 1.82) is 0 Å². The maximum atomic E-state index is 13.2. The summed E-state index contributed by atoms with van der Waals surface area (Å²) in [6, 6.07) is 4.04. The van der Waals surface area contributed by atoms with Crippen LogP contribution in [0.1, 0.15) is 94.3 Å². The van der Waals surface area contributed by atoms with Gasteiger partial charge in [-0.05, 0) is 24.6 Å².